The fraction of sp³-hybridized carbons (Fsp3) is 0.636. The molecule has 0 aliphatic rings. The van der Waals surface area contributed by atoms with Gasteiger partial charge in [-0.15, -0.1) is 0 Å². The van der Waals surface area contributed by atoms with Crippen molar-refractivity contribution in [2.75, 3.05) is 5.75 Å². The molecule has 0 aromatic carbocycles. The van der Waals surface area contributed by atoms with Crippen LogP contribution in [0.3, 0.4) is 0 Å². The van der Waals surface area contributed by atoms with Crippen molar-refractivity contribution < 1.29 is 4.92 Å². The summed E-state index contributed by atoms with van der Waals surface area (Å²) in [6, 6.07) is 0. The van der Waals surface area contributed by atoms with Gasteiger partial charge in [0.1, 0.15) is 0 Å². The molecule has 106 valence electrons. The van der Waals surface area contributed by atoms with Gasteiger partial charge in [-0.25, -0.2) is 4.79 Å². The summed E-state index contributed by atoms with van der Waals surface area (Å²) < 4.78 is 1.98. The number of nitrogens with zero attached hydrogens (tertiary/aromatic N) is 3. The number of hydrogen-bond acceptors (Lipinski definition) is 5. The van der Waals surface area contributed by atoms with Crippen molar-refractivity contribution in [2.45, 2.75) is 26.3 Å². The zero-order valence-corrected chi connectivity index (χ0v) is 11.8. The van der Waals surface area contributed by atoms with Crippen molar-refractivity contribution in [2.24, 2.45) is 13.0 Å². The van der Waals surface area contributed by atoms with Crippen molar-refractivity contribution in [1.82, 2.24) is 9.13 Å². The minimum absolute atomic E-state index is 0.0423. The van der Waals surface area contributed by atoms with E-state index in [0.717, 1.165) is 28.2 Å². The summed E-state index contributed by atoms with van der Waals surface area (Å²) in [5.74, 6) is 0.562. The molecular weight excluding hydrogens is 270 g/mol. The molecular formula is C11H17N3O4S. The molecule has 7 nitrogen and oxygen atoms in total. The van der Waals surface area contributed by atoms with E-state index in [4.69, 9.17) is 0 Å². The molecule has 0 fully saturated rings. The third-order valence-electron chi connectivity index (χ3n) is 2.91. The first-order chi connectivity index (χ1) is 8.92. The SMILES string of the molecule is CCCC(CS)Cn1c(=O)c([N+](=O)[O-])cn(C)c1=O. The van der Waals surface area contributed by atoms with Gasteiger partial charge in [-0.3, -0.25) is 24.0 Å². The predicted molar refractivity (Wildman–Crippen MR) is 74.8 cm³/mol. The Morgan fingerprint density at radius 2 is 2.11 bits per heavy atom. The van der Waals surface area contributed by atoms with Gasteiger partial charge in [0.2, 0.25) is 0 Å². The van der Waals surface area contributed by atoms with Crippen LogP contribution in [0.1, 0.15) is 19.8 Å². The fourth-order valence-electron chi connectivity index (χ4n) is 1.90. The third kappa shape index (κ3) is 3.46. The molecule has 1 rings (SSSR count). The zero-order valence-electron chi connectivity index (χ0n) is 10.9. The van der Waals surface area contributed by atoms with Crippen LogP contribution in [0.25, 0.3) is 0 Å². The van der Waals surface area contributed by atoms with Gasteiger partial charge in [-0.2, -0.15) is 12.6 Å². The van der Waals surface area contributed by atoms with Gasteiger partial charge >= 0.3 is 16.9 Å². The number of nitro groups is 1. The van der Waals surface area contributed by atoms with Crippen molar-refractivity contribution >= 4 is 18.3 Å². The Bertz CT molecular complexity index is 578. The van der Waals surface area contributed by atoms with E-state index in [0.29, 0.717) is 5.75 Å². The van der Waals surface area contributed by atoms with Crippen molar-refractivity contribution in [3.05, 3.63) is 37.1 Å². The maximum atomic E-state index is 11.9. The van der Waals surface area contributed by atoms with Gasteiger partial charge in [0.05, 0.1) is 11.1 Å². The lowest BCUT2D eigenvalue weighted by atomic mass is 10.1. The van der Waals surface area contributed by atoms with E-state index in [1.165, 1.54) is 7.05 Å². The van der Waals surface area contributed by atoms with Crippen LogP contribution < -0.4 is 11.2 Å². The monoisotopic (exact) mass is 287 g/mol. The summed E-state index contributed by atoms with van der Waals surface area (Å²) in [5.41, 5.74) is -1.98. The Morgan fingerprint density at radius 3 is 2.58 bits per heavy atom. The molecule has 1 aromatic heterocycles. The van der Waals surface area contributed by atoms with Gasteiger partial charge in [0.25, 0.3) is 0 Å². The van der Waals surface area contributed by atoms with Crippen molar-refractivity contribution in [1.29, 1.82) is 0 Å². The molecule has 8 heteroatoms. The highest BCUT2D eigenvalue weighted by molar-refractivity contribution is 7.80. The number of aromatic nitrogens is 2. The number of hydrogen-bond donors (Lipinski definition) is 1. The van der Waals surface area contributed by atoms with Crippen molar-refractivity contribution in [3.8, 4) is 0 Å². The lowest BCUT2D eigenvalue weighted by Crippen LogP contribution is -2.41. The first kappa shape index (κ1) is 15.5. The summed E-state index contributed by atoms with van der Waals surface area (Å²) in [4.78, 5) is 33.8. The maximum absolute atomic E-state index is 11.9. The van der Waals surface area contributed by atoms with Gasteiger partial charge in [0.15, 0.2) is 0 Å². The third-order valence-corrected chi connectivity index (χ3v) is 3.42. The highest BCUT2D eigenvalue weighted by Crippen LogP contribution is 2.10. The molecule has 0 spiro atoms. The van der Waals surface area contributed by atoms with E-state index in [9.17, 15) is 19.7 Å². The molecule has 0 N–H and O–H groups in total. The predicted octanol–water partition coefficient (Wildman–Crippen LogP) is 0.801. The molecule has 1 aromatic rings. The van der Waals surface area contributed by atoms with Gasteiger partial charge in [-0.1, -0.05) is 13.3 Å². The fourth-order valence-corrected chi connectivity index (χ4v) is 2.20. The second kappa shape index (κ2) is 6.55. The Labute approximate surface area is 115 Å². The van der Waals surface area contributed by atoms with Crippen LogP contribution in [-0.4, -0.2) is 19.8 Å². The minimum Gasteiger partial charge on any atom is -0.297 e. The summed E-state index contributed by atoms with van der Waals surface area (Å²) in [5, 5.41) is 10.8. The van der Waals surface area contributed by atoms with E-state index in [1.807, 2.05) is 6.92 Å². The second-order valence-corrected chi connectivity index (χ2v) is 4.78. The average molecular weight is 287 g/mol. The molecule has 1 unspecified atom stereocenters. The van der Waals surface area contributed by atoms with E-state index >= 15 is 0 Å². The van der Waals surface area contributed by atoms with E-state index in [1.54, 1.807) is 0 Å². The molecule has 0 aliphatic heterocycles. The number of aryl methyl sites for hydroxylation is 1. The second-order valence-electron chi connectivity index (χ2n) is 4.42. The van der Waals surface area contributed by atoms with Gasteiger partial charge in [-0.05, 0) is 18.1 Å². The molecule has 0 amide bonds. The molecule has 0 saturated carbocycles. The molecule has 0 aliphatic carbocycles. The normalized spacial score (nSPS) is 12.4. The Morgan fingerprint density at radius 1 is 1.47 bits per heavy atom. The topological polar surface area (TPSA) is 87.1 Å². The lowest BCUT2D eigenvalue weighted by Gasteiger charge is -2.14. The maximum Gasteiger partial charge on any atom is 0.350 e. The zero-order chi connectivity index (χ0) is 14.6. The largest absolute Gasteiger partial charge is 0.350 e. The summed E-state index contributed by atoms with van der Waals surface area (Å²) in [6.45, 7) is 2.15. The number of rotatable bonds is 6. The van der Waals surface area contributed by atoms with Crippen LogP contribution in [0.4, 0.5) is 5.69 Å². The average Bonchev–Trinajstić information content (AvgIpc) is 2.37. The van der Waals surface area contributed by atoms with Gasteiger partial charge < -0.3 is 0 Å². The standard InChI is InChI=1S/C11H17N3O4S/c1-3-4-8(7-19)5-13-10(15)9(14(17)18)6-12(2)11(13)16/h6,8,19H,3-5,7H2,1-2H3. The first-order valence-electron chi connectivity index (χ1n) is 5.98. The molecule has 19 heavy (non-hydrogen) atoms. The lowest BCUT2D eigenvalue weighted by molar-refractivity contribution is -0.387. The molecule has 0 bridgehead atoms. The van der Waals surface area contributed by atoms with E-state index in [2.05, 4.69) is 12.6 Å². The highest BCUT2D eigenvalue weighted by atomic mass is 32.1. The van der Waals surface area contributed by atoms with Gasteiger partial charge in [0, 0.05) is 13.6 Å². The van der Waals surface area contributed by atoms with E-state index < -0.39 is 21.9 Å². The van der Waals surface area contributed by atoms with Crippen LogP contribution in [0.2, 0.25) is 0 Å². The first-order valence-corrected chi connectivity index (χ1v) is 6.61. The molecule has 1 heterocycles. The quantitative estimate of drug-likeness (QED) is 0.476. The number of thiol groups is 1. The van der Waals surface area contributed by atoms with Crippen LogP contribution in [0.5, 0.6) is 0 Å². The van der Waals surface area contributed by atoms with Crippen LogP contribution in [0, 0.1) is 16.0 Å². The molecule has 1 atom stereocenters. The summed E-state index contributed by atoms with van der Waals surface area (Å²) in [6.07, 6.45) is 2.66. The summed E-state index contributed by atoms with van der Waals surface area (Å²) >= 11 is 4.18. The van der Waals surface area contributed by atoms with Crippen LogP contribution in [0.15, 0.2) is 15.8 Å². The minimum atomic E-state index is -0.851. The highest BCUT2D eigenvalue weighted by Gasteiger charge is 2.20. The Balaban J connectivity index is 3.30. The summed E-state index contributed by atoms with van der Waals surface area (Å²) in [7, 11) is 1.39. The molecule has 0 saturated heterocycles. The van der Waals surface area contributed by atoms with E-state index in [-0.39, 0.29) is 12.5 Å². The smallest absolute Gasteiger partial charge is 0.297 e. The van der Waals surface area contributed by atoms with Crippen molar-refractivity contribution in [3.63, 3.8) is 0 Å². The van der Waals surface area contributed by atoms with Crippen LogP contribution >= 0.6 is 12.6 Å². The van der Waals surface area contributed by atoms with Crippen LogP contribution in [-0.2, 0) is 13.6 Å². The molecule has 0 radical (unpaired) electrons. The Hall–Kier alpha value is -1.57. The Kier molecular flexibility index (Phi) is 5.34.